The van der Waals surface area contributed by atoms with Crippen LogP contribution in [-0.2, 0) is 6.42 Å². The number of hydrogen-bond donors (Lipinski definition) is 1. The van der Waals surface area contributed by atoms with Crippen LogP contribution >= 0.6 is 27.3 Å². The van der Waals surface area contributed by atoms with Crippen molar-refractivity contribution in [1.82, 2.24) is 5.32 Å². The van der Waals surface area contributed by atoms with Crippen LogP contribution in [0.3, 0.4) is 0 Å². The van der Waals surface area contributed by atoms with E-state index in [4.69, 9.17) is 0 Å². The molecule has 1 aliphatic rings. The molecule has 2 rings (SSSR count). The van der Waals surface area contributed by atoms with E-state index in [0.717, 1.165) is 6.54 Å². The second-order valence-electron chi connectivity index (χ2n) is 4.87. The zero-order valence-corrected chi connectivity index (χ0v) is 12.3. The molecule has 1 aromatic rings. The van der Waals surface area contributed by atoms with Crippen LogP contribution in [0, 0.1) is 5.41 Å². The van der Waals surface area contributed by atoms with E-state index in [1.54, 1.807) is 0 Å². The van der Waals surface area contributed by atoms with Gasteiger partial charge in [-0.1, -0.05) is 19.8 Å². The first-order valence-corrected chi connectivity index (χ1v) is 7.80. The molecule has 0 saturated heterocycles. The van der Waals surface area contributed by atoms with E-state index >= 15 is 0 Å². The lowest BCUT2D eigenvalue weighted by molar-refractivity contribution is 0.282. The van der Waals surface area contributed by atoms with E-state index in [-0.39, 0.29) is 0 Å². The van der Waals surface area contributed by atoms with Crippen LogP contribution in [0.25, 0.3) is 0 Å². The lowest BCUT2D eigenvalue weighted by Crippen LogP contribution is -2.33. The Bertz CT molecular complexity index is 328. The minimum atomic E-state index is 0.542. The average Bonchev–Trinajstić information content (AvgIpc) is 2.87. The molecule has 1 fully saturated rings. The van der Waals surface area contributed by atoms with Crippen molar-refractivity contribution in [2.45, 2.75) is 39.0 Å². The topological polar surface area (TPSA) is 12.0 Å². The molecule has 0 spiro atoms. The van der Waals surface area contributed by atoms with E-state index in [9.17, 15) is 0 Å². The van der Waals surface area contributed by atoms with Gasteiger partial charge in [-0.05, 0) is 59.3 Å². The molecule has 90 valence electrons. The lowest BCUT2D eigenvalue weighted by Gasteiger charge is -2.28. The molecule has 1 nitrogen and oxygen atoms in total. The first-order chi connectivity index (χ1) is 7.74. The quantitative estimate of drug-likeness (QED) is 0.858. The van der Waals surface area contributed by atoms with Crippen molar-refractivity contribution in [2.75, 3.05) is 13.1 Å². The first-order valence-electron chi connectivity index (χ1n) is 6.19. The Morgan fingerprint density at radius 2 is 2.12 bits per heavy atom. The summed E-state index contributed by atoms with van der Waals surface area (Å²) in [6.45, 7) is 4.49. The van der Waals surface area contributed by atoms with E-state index in [2.05, 4.69) is 40.3 Å². The van der Waals surface area contributed by atoms with Gasteiger partial charge < -0.3 is 5.32 Å². The number of nitrogens with one attached hydrogen (secondary N) is 1. The first kappa shape index (κ1) is 12.6. The molecule has 1 N–H and O–H groups in total. The summed E-state index contributed by atoms with van der Waals surface area (Å²) in [7, 11) is 0. The fourth-order valence-corrected chi connectivity index (χ4v) is 4.40. The molecule has 3 heteroatoms. The summed E-state index contributed by atoms with van der Waals surface area (Å²) in [5, 5.41) is 3.55. The van der Waals surface area contributed by atoms with Gasteiger partial charge in [-0.15, -0.1) is 11.3 Å². The standard InChI is InChI=1S/C13H20BrNS/c1-2-15-10-13(7-3-4-8-13)9-11-5-6-12(14)16-11/h5-6,15H,2-4,7-10H2,1H3. The third-order valence-corrected chi connectivity index (χ3v) is 5.22. The Labute approximate surface area is 111 Å². The normalized spacial score (nSPS) is 19.1. The third kappa shape index (κ3) is 3.08. The Morgan fingerprint density at radius 3 is 2.69 bits per heavy atom. The van der Waals surface area contributed by atoms with E-state index < -0.39 is 0 Å². The van der Waals surface area contributed by atoms with Gasteiger partial charge >= 0.3 is 0 Å². The number of rotatable bonds is 5. The van der Waals surface area contributed by atoms with Gasteiger partial charge in [0.25, 0.3) is 0 Å². The van der Waals surface area contributed by atoms with Crippen LogP contribution < -0.4 is 5.32 Å². The summed E-state index contributed by atoms with van der Waals surface area (Å²) in [5.74, 6) is 0. The Hall–Kier alpha value is 0.140. The zero-order chi connectivity index (χ0) is 11.4. The van der Waals surface area contributed by atoms with Crippen molar-refractivity contribution in [3.63, 3.8) is 0 Å². The number of thiophene rings is 1. The number of halogens is 1. The zero-order valence-electron chi connectivity index (χ0n) is 9.89. The minimum absolute atomic E-state index is 0.542. The molecule has 0 atom stereocenters. The van der Waals surface area contributed by atoms with E-state index in [0.29, 0.717) is 5.41 Å². The van der Waals surface area contributed by atoms with Crippen LogP contribution in [0.1, 0.15) is 37.5 Å². The summed E-state index contributed by atoms with van der Waals surface area (Å²) in [6, 6.07) is 4.46. The highest BCUT2D eigenvalue weighted by molar-refractivity contribution is 9.11. The molecule has 0 radical (unpaired) electrons. The maximum atomic E-state index is 3.55. The van der Waals surface area contributed by atoms with Gasteiger partial charge in [0.15, 0.2) is 0 Å². The molecule has 1 heterocycles. The van der Waals surface area contributed by atoms with Crippen molar-refractivity contribution in [2.24, 2.45) is 5.41 Å². The molecule has 1 aliphatic carbocycles. The molecule has 0 aliphatic heterocycles. The van der Waals surface area contributed by atoms with Crippen molar-refractivity contribution >= 4 is 27.3 Å². The summed E-state index contributed by atoms with van der Waals surface area (Å²) in [6.07, 6.45) is 6.89. The van der Waals surface area contributed by atoms with Gasteiger partial charge in [0, 0.05) is 11.4 Å². The molecule has 0 unspecified atom stereocenters. The van der Waals surface area contributed by atoms with Crippen LogP contribution in [0.2, 0.25) is 0 Å². The lowest BCUT2D eigenvalue weighted by atomic mass is 9.82. The summed E-state index contributed by atoms with van der Waals surface area (Å²) >= 11 is 5.45. The largest absolute Gasteiger partial charge is 0.316 e. The smallest absolute Gasteiger partial charge is 0.0701 e. The van der Waals surface area contributed by atoms with Crippen molar-refractivity contribution in [3.05, 3.63) is 20.8 Å². The Balaban J connectivity index is 2.02. The van der Waals surface area contributed by atoms with Gasteiger partial charge in [-0.2, -0.15) is 0 Å². The van der Waals surface area contributed by atoms with E-state index in [1.807, 2.05) is 11.3 Å². The fourth-order valence-electron chi connectivity index (χ4n) is 2.75. The highest BCUT2D eigenvalue weighted by Crippen LogP contribution is 2.42. The minimum Gasteiger partial charge on any atom is -0.316 e. The highest BCUT2D eigenvalue weighted by atomic mass is 79.9. The van der Waals surface area contributed by atoms with Gasteiger partial charge in [-0.3, -0.25) is 0 Å². The van der Waals surface area contributed by atoms with Gasteiger partial charge in [-0.25, -0.2) is 0 Å². The van der Waals surface area contributed by atoms with Crippen LogP contribution in [0.5, 0.6) is 0 Å². The van der Waals surface area contributed by atoms with Crippen molar-refractivity contribution < 1.29 is 0 Å². The summed E-state index contributed by atoms with van der Waals surface area (Å²) < 4.78 is 1.26. The second kappa shape index (κ2) is 5.65. The Morgan fingerprint density at radius 1 is 1.38 bits per heavy atom. The highest BCUT2D eigenvalue weighted by Gasteiger charge is 2.33. The second-order valence-corrected chi connectivity index (χ2v) is 7.42. The number of hydrogen-bond acceptors (Lipinski definition) is 2. The van der Waals surface area contributed by atoms with Crippen molar-refractivity contribution in [1.29, 1.82) is 0 Å². The van der Waals surface area contributed by atoms with Gasteiger partial charge in [0.05, 0.1) is 3.79 Å². The van der Waals surface area contributed by atoms with Gasteiger partial charge in [0.1, 0.15) is 0 Å². The summed E-state index contributed by atoms with van der Waals surface area (Å²) in [4.78, 5) is 1.53. The molecule has 0 amide bonds. The van der Waals surface area contributed by atoms with Crippen LogP contribution in [0.4, 0.5) is 0 Å². The molecule has 1 saturated carbocycles. The summed E-state index contributed by atoms with van der Waals surface area (Å²) in [5.41, 5.74) is 0.542. The van der Waals surface area contributed by atoms with E-state index in [1.165, 1.54) is 47.3 Å². The third-order valence-electron chi connectivity index (χ3n) is 3.59. The predicted molar refractivity (Wildman–Crippen MR) is 75.2 cm³/mol. The Kier molecular flexibility index (Phi) is 4.45. The van der Waals surface area contributed by atoms with Crippen molar-refractivity contribution in [3.8, 4) is 0 Å². The molecule has 0 bridgehead atoms. The molecule has 16 heavy (non-hydrogen) atoms. The fraction of sp³-hybridized carbons (Fsp3) is 0.692. The molecular weight excluding hydrogens is 282 g/mol. The monoisotopic (exact) mass is 301 g/mol. The van der Waals surface area contributed by atoms with Gasteiger partial charge in [0.2, 0.25) is 0 Å². The average molecular weight is 302 g/mol. The molecular formula is C13H20BrNS. The molecule has 1 aromatic heterocycles. The predicted octanol–water partition coefficient (Wildman–Crippen LogP) is 4.22. The van der Waals surface area contributed by atoms with Crippen LogP contribution in [0.15, 0.2) is 15.9 Å². The SMILES string of the molecule is CCNCC1(Cc2ccc(Br)s2)CCCC1. The van der Waals surface area contributed by atoms with Crippen LogP contribution in [-0.4, -0.2) is 13.1 Å². The maximum absolute atomic E-state index is 3.55. The maximum Gasteiger partial charge on any atom is 0.0701 e. The molecule has 0 aromatic carbocycles.